The lowest BCUT2D eigenvalue weighted by Gasteiger charge is -2.08. The zero-order valence-corrected chi connectivity index (χ0v) is 14.9. The number of carbonyl (C=O) groups excluding carboxylic acids is 1. The molecule has 0 unspecified atom stereocenters. The van der Waals surface area contributed by atoms with Gasteiger partial charge in [-0.1, -0.05) is 42.5 Å². The number of nitrogens with zero attached hydrogens (tertiary/aromatic N) is 2. The van der Waals surface area contributed by atoms with E-state index in [1.807, 2.05) is 63.2 Å². The highest BCUT2D eigenvalue weighted by molar-refractivity contribution is 5.84. The molecule has 128 valence electrons. The van der Waals surface area contributed by atoms with Gasteiger partial charge in [0, 0.05) is 11.3 Å². The van der Waals surface area contributed by atoms with Crippen LogP contribution < -0.4 is 4.74 Å². The fourth-order valence-electron chi connectivity index (χ4n) is 2.94. The summed E-state index contributed by atoms with van der Waals surface area (Å²) in [7, 11) is 0. The summed E-state index contributed by atoms with van der Waals surface area (Å²) in [4.78, 5) is 12.5. The molecule has 0 saturated heterocycles. The van der Waals surface area contributed by atoms with E-state index >= 15 is 0 Å². The lowest BCUT2D eigenvalue weighted by molar-refractivity contribution is 0.0818. The molecule has 0 aliphatic heterocycles. The number of benzene rings is 2. The first kappa shape index (κ1) is 17.0. The van der Waals surface area contributed by atoms with E-state index in [2.05, 4.69) is 11.7 Å². The fourth-order valence-corrected chi connectivity index (χ4v) is 2.94. The van der Waals surface area contributed by atoms with Crippen LogP contribution in [0.4, 0.5) is 0 Å². The second-order valence-corrected chi connectivity index (χ2v) is 6.39. The maximum atomic E-state index is 12.5. The minimum Gasteiger partial charge on any atom is -0.484 e. The maximum Gasteiger partial charge on any atom is 0.284 e. The Hall–Kier alpha value is -2.88. The van der Waals surface area contributed by atoms with Crippen LogP contribution in [0.1, 0.15) is 28.7 Å². The minimum atomic E-state index is -0.179. The molecular weight excluding hydrogens is 312 g/mol. The van der Waals surface area contributed by atoms with Crippen molar-refractivity contribution < 1.29 is 9.53 Å². The van der Waals surface area contributed by atoms with Crippen LogP contribution in [0.3, 0.4) is 0 Å². The molecule has 2 aromatic carbocycles. The average molecular weight is 334 g/mol. The molecule has 0 fully saturated rings. The van der Waals surface area contributed by atoms with Gasteiger partial charge in [0.25, 0.3) is 5.91 Å². The van der Waals surface area contributed by atoms with E-state index in [0.29, 0.717) is 5.75 Å². The first-order valence-electron chi connectivity index (χ1n) is 8.30. The van der Waals surface area contributed by atoms with Crippen molar-refractivity contribution in [2.24, 2.45) is 0 Å². The molecule has 3 aromatic rings. The highest BCUT2D eigenvalue weighted by Crippen LogP contribution is 2.21. The lowest BCUT2D eigenvalue weighted by Crippen LogP contribution is -2.21. The molecule has 1 aromatic heterocycles. The predicted octanol–water partition coefficient (Wildman–Crippen LogP) is 4.49. The Balaban J connectivity index is 1.74. The third kappa shape index (κ3) is 3.63. The van der Waals surface area contributed by atoms with Crippen LogP contribution in [-0.2, 0) is 6.42 Å². The van der Waals surface area contributed by atoms with Gasteiger partial charge in [0.2, 0.25) is 0 Å². The van der Waals surface area contributed by atoms with E-state index in [1.54, 1.807) is 0 Å². The van der Waals surface area contributed by atoms with Gasteiger partial charge >= 0.3 is 0 Å². The molecular formula is C21H22N2O2. The number of aromatic nitrogens is 2. The summed E-state index contributed by atoms with van der Waals surface area (Å²) < 4.78 is 7.13. The summed E-state index contributed by atoms with van der Waals surface area (Å²) in [5, 5.41) is 6.60. The molecule has 0 radical (unpaired) electrons. The lowest BCUT2D eigenvalue weighted by atomic mass is 10.1. The number of hydrogen-bond acceptors (Lipinski definition) is 3. The highest BCUT2D eigenvalue weighted by atomic mass is 16.5. The van der Waals surface area contributed by atoms with E-state index in [0.717, 1.165) is 39.7 Å². The molecule has 0 saturated carbocycles. The number of ether oxygens (including phenoxy) is 1. The standard InChI is InChI=1S/C21H22N2O2/c1-14(2)11-20-15(3)22-23(16(20)4)21(24)13-25-19-10-9-17-7-5-6-8-18(17)12-19/h5-10,12H,1,11,13H2,2-4H3. The van der Waals surface area contributed by atoms with Gasteiger partial charge in [-0.3, -0.25) is 4.79 Å². The van der Waals surface area contributed by atoms with Gasteiger partial charge in [-0.2, -0.15) is 5.10 Å². The summed E-state index contributed by atoms with van der Waals surface area (Å²) >= 11 is 0. The Kier molecular flexibility index (Phi) is 4.70. The van der Waals surface area contributed by atoms with E-state index < -0.39 is 0 Å². The molecule has 25 heavy (non-hydrogen) atoms. The summed E-state index contributed by atoms with van der Waals surface area (Å²) in [5.74, 6) is 0.498. The minimum absolute atomic E-state index is 0.0488. The highest BCUT2D eigenvalue weighted by Gasteiger charge is 2.17. The van der Waals surface area contributed by atoms with Gasteiger partial charge in [0.15, 0.2) is 6.61 Å². The van der Waals surface area contributed by atoms with Crippen molar-refractivity contribution in [2.45, 2.75) is 27.2 Å². The molecule has 4 heteroatoms. The van der Waals surface area contributed by atoms with Crippen LogP contribution in [0.15, 0.2) is 54.6 Å². The molecule has 0 amide bonds. The zero-order valence-electron chi connectivity index (χ0n) is 14.9. The van der Waals surface area contributed by atoms with Crippen molar-refractivity contribution in [1.29, 1.82) is 0 Å². The van der Waals surface area contributed by atoms with Gasteiger partial charge in [-0.15, -0.1) is 0 Å². The smallest absolute Gasteiger partial charge is 0.284 e. The molecule has 0 bridgehead atoms. The number of rotatable bonds is 5. The van der Waals surface area contributed by atoms with Crippen molar-refractivity contribution in [3.8, 4) is 5.75 Å². The van der Waals surface area contributed by atoms with Crippen LogP contribution in [-0.4, -0.2) is 22.3 Å². The molecule has 0 N–H and O–H groups in total. The van der Waals surface area contributed by atoms with Crippen LogP contribution in [0.2, 0.25) is 0 Å². The van der Waals surface area contributed by atoms with E-state index in [-0.39, 0.29) is 12.5 Å². The fraction of sp³-hybridized carbons (Fsp3) is 0.238. The average Bonchev–Trinajstić information content (AvgIpc) is 2.87. The Bertz CT molecular complexity index is 954. The Morgan fingerprint density at radius 1 is 1.16 bits per heavy atom. The van der Waals surface area contributed by atoms with Crippen LogP contribution >= 0.6 is 0 Å². The largest absolute Gasteiger partial charge is 0.484 e. The molecule has 0 aliphatic carbocycles. The van der Waals surface area contributed by atoms with Crippen LogP contribution in [0, 0.1) is 13.8 Å². The third-order valence-electron chi connectivity index (χ3n) is 4.24. The van der Waals surface area contributed by atoms with Crippen molar-refractivity contribution in [1.82, 2.24) is 9.78 Å². The van der Waals surface area contributed by atoms with E-state index in [9.17, 15) is 4.79 Å². The Labute approximate surface area is 147 Å². The molecule has 3 rings (SSSR count). The topological polar surface area (TPSA) is 44.1 Å². The van der Waals surface area contributed by atoms with Gasteiger partial charge in [-0.25, -0.2) is 4.68 Å². The van der Waals surface area contributed by atoms with Crippen molar-refractivity contribution >= 4 is 16.7 Å². The third-order valence-corrected chi connectivity index (χ3v) is 4.24. The normalized spacial score (nSPS) is 10.8. The SMILES string of the molecule is C=C(C)Cc1c(C)nn(C(=O)COc2ccc3ccccc3c2)c1C. The number of allylic oxidation sites excluding steroid dienone is 1. The molecule has 0 atom stereocenters. The number of aryl methyl sites for hydroxylation is 1. The van der Waals surface area contributed by atoms with Crippen molar-refractivity contribution in [3.63, 3.8) is 0 Å². The first-order valence-corrected chi connectivity index (χ1v) is 8.30. The zero-order chi connectivity index (χ0) is 18.0. The molecule has 1 heterocycles. The van der Waals surface area contributed by atoms with Gasteiger partial charge in [0.05, 0.1) is 5.69 Å². The molecule has 4 nitrogen and oxygen atoms in total. The van der Waals surface area contributed by atoms with Gasteiger partial charge in [0.1, 0.15) is 5.75 Å². The van der Waals surface area contributed by atoms with E-state index in [1.165, 1.54) is 4.68 Å². The second-order valence-electron chi connectivity index (χ2n) is 6.39. The summed E-state index contributed by atoms with van der Waals surface area (Å²) in [5.41, 5.74) is 3.82. The summed E-state index contributed by atoms with van der Waals surface area (Å²) in [6.07, 6.45) is 0.733. The van der Waals surface area contributed by atoms with Crippen molar-refractivity contribution in [2.75, 3.05) is 6.61 Å². The monoisotopic (exact) mass is 334 g/mol. The quantitative estimate of drug-likeness (QED) is 0.646. The van der Waals surface area contributed by atoms with Gasteiger partial charge in [-0.05, 0) is 50.1 Å². The summed E-state index contributed by atoms with van der Waals surface area (Å²) in [6, 6.07) is 13.9. The van der Waals surface area contributed by atoms with Gasteiger partial charge < -0.3 is 4.74 Å². The molecule has 0 aliphatic rings. The second kappa shape index (κ2) is 6.93. The molecule has 0 spiro atoms. The number of hydrogen-bond donors (Lipinski definition) is 0. The maximum absolute atomic E-state index is 12.5. The number of carbonyl (C=O) groups is 1. The Morgan fingerprint density at radius 2 is 1.88 bits per heavy atom. The predicted molar refractivity (Wildman–Crippen MR) is 100 cm³/mol. The van der Waals surface area contributed by atoms with Crippen molar-refractivity contribution in [3.05, 3.63) is 71.6 Å². The first-order chi connectivity index (χ1) is 12.0. The van der Waals surface area contributed by atoms with Crippen LogP contribution in [0.25, 0.3) is 10.8 Å². The Morgan fingerprint density at radius 3 is 2.60 bits per heavy atom. The van der Waals surface area contributed by atoms with Crippen LogP contribution in [0.5, 0.6) is 5.75 Å². The summed E-state index contributed by atoms with van der Waals surface area (Å²) in [6.45, 7) is 9.69. The van der Waals surface area contributed by atoms with E-state index in [4.69, 9.17) is 4.74 Å². The number of fused-ring (bicyclic) bond motifs is 1.